The fourth-order valence-electron chi connectivity index (χ4n) is 2.45. The predicted molar refractivity (Wildman–Crippen MR) is 103 cm³/mol. The molecular formula is C18H21ClN2O3S. The van der Waals surface area contributed by atoms with Gasteiger partial charge in [-0.3, -0.25) is 9.10 Å². The van der Waals surface area contributed by atoms with Crippen molar-refractivity contribution in [3.8, 4) is 0 Å². The van der Waals surface area contributed by atoms with Gasteiger partial charge in [0.05, 0.1) is 11.9 Å². The topological polar surface area (TPSA) is 66.5 Å². The molecule has 0 bridgehead atoms. The Kier molecular flexibility index (Phi) is 6.08. The van der Waals surface area contributed by atoms with E-state index in [2.05, 4.69) is 5.32 Å². The molecule has 0 aliphatic rings. The summed E-state index contributed by atoms with van der Waals surface area (Å²) in [6, 6.07) is 12.5. The average Bonchev–Trinajstić information content (AvgIpc) is 2.52. The van der Waals surface area contributed by atoms with E-state index in [1.165, 1.54) is 4.31 Å². The number of benzene rings is 2. The van der Waals surface area contributed by atoms with Gasteiger partial charge in [0, 0.05) is 23.7 Å². The molecule has 0 unspecified atom stereocenters. The van der Waals surface area contributed by atoms with Crippen LogP contribution in [-0.4, -0.2) is 27.1 Å². The lowest BCUT2D eigenvalue weighted by molar-refractivity contribution is -0.116. The molecule has 2 rings (SSSR count). The van der Waals surface area contributed by atoms with Crippen LogP contribution in [0.15, 0.2) is 42.5 Å². The average molecular weight is 381 g/mol. The molecule has 0 fully saturated rings. The molecule has 0 atom stereocenters. The van der Waals surface area contributed by atoms with Gasteiger partial charge in [0.15, 0.2) is 0 Å². The third kappa shape index (κ3) is 5.21. The first-order valence-electron chi connectivity index (χ1n) is 7.78. The molecule has 134 valence electrons. The number of aryl methyl sites for hydroxylation is 2. The van der Waals surface area contributed by atoms with Gasteiger partial charge in [0.1, 0.15) is 0 Å². The first-order valence-corrected chi connectivity index (χ1v) is 10.0. The number of nitrogens with zero attached hydrogens (tertiary/aromatic N) is 1. The smallest absolute Gasteiger partial charge is 0.232 e. The van der Waals surface area contributed by atoms with Gasteiger partial charge in [0.2, 0.25) is 15.9 Å². The molecular weight excluding hydrogens is 360 g/mol. The number of anilines is 2. The van der Waals surface area contributed by atoms with E-state index in [-0.39, 0.29) is 18.9 Å². The van der Waals surface area contributed by atoms with E-state index in [1.807, 2.05) is 31.2 Å². The SMILES string of the molecule is Cc1ccccc1NC(=O)CCN(c1cc(Cl)ccc1C)S(C)(=O)=O. The highest BCUT2D eigenvalue weighted by molar-refractivity contribution is 7.92. The Bertz CT molecular complexity index is 882. The summed E-state index contributed by atoms with van der Waals surface area (Å²) in [7, 11) is -3.54. The number of para-hydroxylation sites is 1. The first-order chi connectivity index (χ1) is 11.7. The van der Waals surface area contributed by atoms with Crippen molar-refractivity contribution in [1.29, 1.82) is 0 Å². The first kappa shape index (κ1) is 19.3. The number of carbonyl (C=O) groups is 1. The second kappa shape index (κ2) is 7.89. The van der Waals surface area contributed by atoms with Crippen molar-refractivity contribution in [1.82, 2.24) is 0 Å². The number of rotatable bonds is 6. The summed E-state index contributed by atoms with van der Waals surface area (Å²) in [5.41, 5.74) is 2.92. The zero-order valence-corrected chi connectivity index (χ0v) is 16.0. The van der Waals surface area contributed by atoms with Gasteiger partial charge in [-0.1, -0.05) is 35.9 Å². The number of hydrogen-bond donors (Lipinski definition) is 1. The molecule has 0 aliphatic carbocycles. The summed E-state index contributed by atoms with van der Waals surface area (Å²) in [5.74, 6) is -0.248. The Morgan fingerprint density at radius 1 is 1.12 bits per heavy atom. The third-order valence-electron chi connectivity index (χ3n) is 3.80. The maximum atomic E-state index is 12.2. The molecule has 0 saturated carbocycles. The lowest BCUT2D eigenvalue weighted by Gasteiger charge is -2.24. The maximum absolute atomic E-state index is 12.2. The monoisotopic (exact) mass is 380 g/mol. The second-order valence-corrected chi connectivity index (χ2v) is 8.22. The molecule has 1 amide bonds. The number of carbonyl (C=O) groups excluding carboxylic acids is 1. The molecule has 25 heavy (non-hydrogen) atoms. The molecule has 1 N–H and O–H groups in total. The Morgan fingerprint density at radius 3 is 2.44 bits per heavy atom. The molecule has 0 saturated heterocycles. The van der Waals surface area contributed by atoms with Crippen LogP contribution in [-0.2, 0) is 14.8 Å². The van der Waals surface area contributed by atoms with E-state index in [4.69, 9.17) is 11.6 Å². The van der Waals surface area contributed by atoms with Crippen molar-refractivity contribution in [2.24, 2.45) is 0 Å². The molecule has 2 aromatic carbocycles. The Balaban J connectivity index is 2.15. The van der Waals surface area contributed by atoms with Crippen LogP contribution in [0.2, 0.25) is 5.02 Å². The molecule has 0 heterocycles. The van der Waals surface area contributed by atoms with E-state index in [0.717, 1.165) is 23.1 Å². The maximum Gasteiger partial charge on any atom is 0.232 e. The van der Waals surface area contributed by atoms with Gasteiger partial charge in [-0.05, 0) is 43.2 Å². The van der Waals surface area contributed by atoms with Crippen LogP contribution in [0.5, 0.6) is 0 Å². The lowest BCUT2D eigenvalue weighted by atomic mass is 10.2. The highest BCUT2D eigenvalue weighted by Crippen LogP contribution is 2.26. The van der Waals surface area contributed by atoms with Crippen LogP contribution in [0.25, 0.3) is 0 Å². The van der Waals surface area contributed by atoms with Gasteiger partial charge < -0.3 is 5.32 Å². The fourth-order valence-corrected chi connectivity index (χ4v) is 3.59. The molecule has 7 heteroatoms. The van der Waals surface area contributed by atoms with Gasteiger partial charge in [-0.2, -0.15) is 0 Å². The van der Waals surface area contributed by atoms with Crippen molar-refractivity contribution in [3.05, 3.63) is 58.6 Å². The van der Waals surface area contributed by atoms with E-state index >= 15 is 0 Å². The van der Waals surface area contributed by atoms with Crippen molar-refractivity contribution in [2.45, 2.75) is 20.3 Å². The van der Waals surface area contributed by atoms with Gasteiger partial charge in [0.25, 0.3) is 0 Å². The Hall–Kier alpha value is -2.05. The highest BCUT2D eigenvalue weighted by Gasteiger charge is 2.20. The summed E-state index contributed by atoms with van der Waals surface area (Å²) in [6.45, 7) is 3.74. The molecule has 0 aliphatic heterocycles. The highest BCUT2D eigenvalue weighted by atomic mass is 35.5. The van der Waals surface area contributed by atoms with Gasteiger partial charge in [-0.15, -0.1) is 0 Å². The normalized spacial score (nSPS) is 11.2. The van der Waals surface area contributed by atoms with Crippen LogP contribution in [0.1, 0.15) is 17.5 Å². The minimum Gasteiger partial charge on any atom is -0.326 e. The number of nitrogens with one attached hydrogen (secondary N) is 1. The van der Waals surface area contributed by atoms with Gasteiger partial charge in [-0.25, -0.2) is 8.42 Å². The largest absolute Gasteiger partial charge is 0.326 e. The summed E-state index contributed by atoms with van der Waals surface area (Å²) >= 11 is 6.00. The van der Waals surface area contributed by atoms with Crippen molar-refractivity contribution in [2.75, 3.05) is 22.4 Å². The number of halogens is 1. The number of hydrogen-bond acceptors (Lipinski definition) is 3. The fraction of sp³-hybridized carbons (Fsp3) is 0.278. The number of amides is 1. The molecule has 2 aromatic rings. The minimum atomic E-state index is -3.54. The van der Waals surface area contributed by atoms with Crippen LogP contribution in [0, 0.1) is 13.8 Å². The molecule has 0 spiro atoms. The van der Waals surface area contributed by atoms with Crippen molar-refractivity contribution < 1.29 is 13.2 Å². The summed E-state index contributed by atoms with van der Waals surface area (Å²) < 4.78 is 25.6. The van der Waals surface area contributed by atoms with Gasteiger partial charge >= 0.3 is 0 Å². The number of sulfonamides is 1. The minimum absolute atomic E-state index is 0.0351. The zero-order chi connectivity index (χ0) is 18.6. The van der Waals surface area contributed by atoms with E-state index in [1.54, 1.807) is 25.1 Å². The van der Waals surface area contributed by atoms with Crippen LogP contribution < -0.4 is 9.62 Å². The third-order valence-corrected chi connectivity index (χ3v) is 5.22. The van der Waals surface area contributed by atoms with Crippen molar-refractivity contribution >= 4 is 38.9 Å². The zero-order valence-electron chi connectivity index (χ0n) is 14.4. The van der Waals surface area contributed by atoms with E-state index < -0.39 is 10.0 Å². The second-order valence-electron chi connectivity index (χ2n) is 5.88. The summed E-state index contributed by atoms with van der Waals surface area (Å²) in [5, 5.41) is 3.25. The van der Waals surface area contributed by atoms with Crippen molar-refractivity contribution in [3.63, 3.8) is 0 Å². The molecule has 0 radical (unpaired) electrons. The van der Waals surface area contributed by atoms with E-state index in [0.29, 0.717) is 10.7 Å². The van der Waals surface area contributed by atoms with Crippen LogP contribution in [0.3, 0.4) is 0 Å². The Morgan fingerprint density at radius 2 is 1.80 bits per heavy atom. The summed E-state index contributed by atoms with van der Waals surface area (Å²) in [6.07, 6.45) is 1.15. The Labute approximate surface area is 153 Å². The quantitative estimate of drug-likeness (QED) is 0.829. The molecule has 5 nitrogen and oxygen atoms in total. The standard InChI is InChI=1S/C18H21ClN2O3S/c1-13-6-4-5-7-16(13)20-18(22)10-11-21(25(3,23)24)17-12-15(19)9-8-14(17)2/h4-9,12H,10-11H2,1-3H3,(H,20,22). The lowest BCUT2D eigenvalue weighted by Crippen LogP contribution is -2.33. The van der Waals surface area contributed by atoms with Crippen LogP contribution >= 0.6 is 11.6 Å². The van der Waals surface area contributed by atoms with E-state index in [9.17, 15) is 13.2 Å². The van der Waals surface area contributed by atoms with Crippen LogP contribution in [0.4, 0.5) is 11.4 Å². The molecule has 0 aromatic heterocycles. The predicted octanol–water partition coefficient (Wildman–Crippen LogP) is 3.75. The summed E-state index contributed by atoms with van der Waals surface area (Å²) in [4.78, 5) is 12.2.